The molecule has 0 unspecified atom stereocenters. The fourth-order valence-electron chi connectivity index (χ4n) is 2.04. The summed E-state index contributed by atoms with van der Waals surface area (Å²) in [7, 11) is 0. The Bertz CT molecular complexity index is 474. The fourth-order valence-corrected chi connectivity index (χ4v) is 2.04. The van der Waals surface area contributed by atoms with Gasteiger partial charge in [0, 0.05) is 13.2 Å². The summed E-state index contributed by atoms with van der Waals surface area (Å²) < 4.78 is 11.1. The Labute approximate surface area is 140 Å². The molecule has 23 heavy (non-hydrogen) atoms. The lowest BCUT2D eigenvalue weighted by Crippen LogP contribution is -2.37. The van der Waals surface area contributed by atoms with Crippen LogP contribution in [0.5, 0.6) is 5.75 Å². The lowest BCUT2D eigenvalue weighted by Gasteiger charge is -2.20. The van der Waals surface area contributed by atoms with Crippen LogP contribution in [0.25, 0.3) is 0 Å². The van der Waals surface area contributed by atoms with Crippen LogP contribution in [-0.4, -0.2) is 31.3 Å². The van der Waals surface area contributed by atoms with Gasteiger partial charge in [0.05, 0.1) is 6.10 Å². The molecule has 1 aromatic carbocycles. The third-order valence-electron chi connectivity index (χ3n) is 3.47. The first kappa shape index (κ1) is 19.5. The first-order valence-corrected chi connectivity index (χ1v) is 8.36. The fraction of sp³-hybridized carbons (Fsp3) is 0.632. The third-order valence-corrected chi connectivity index (χ3v) is 3.47. The van der Waals surface area contributed by atoms with E-state index in [9.17, 15) is 4.79 Å². The smallest absolute Gasteiger partial charge is 0.260 e. The second-order valence-corrected chi connectivity index (χ2v) is 7.10. The zero-order valence-corrected chi connectivity index (χ0v) is 15.3. The maximum Gasteiger partial charge on any atom is 0.260 e. The quantitative estimate of drug-likeness (QED) is 0.743. The van der Waals surface area contributed by atoms with Gasteiger partial charge in [-0.15, -0.1) is 0 Å². The average Bonchev–Trinajstić information content (AvgIpc) is 2.46. The topological polar surface area (TPSA) is 47.6 Å². The highest BCUT2D eigenvalue weighted by Gasteiger charge is 2.16. The van der Waals surface area contributed by atoms with Crippen LogP contribution in [-0.2, 0) is 14.9 Å². The van der Waals surface area contributed by atoms with Gasteiger partial charge >= 0.3 is 0 Å². The number of carbonyl (C=O) groups excluding carboxylic acids is 1. The van der Waals surface area contributed by atoms with Gasteiger partial charge in [-0.3, -0.25) is 4.79 Å². The molecule has 1 atom stereocenters. The van der Waals surface area contributed by atoms with Crippen LogP contribution in [0.3, 0.4) is 0 Å². The molecule has 0 spiro atoms. The average molecular weight is 321 g/mol. The molecular formula is C19H31NO3. The van der Waals surface area contributed by atoms with Crippen molar-refractivity contribution < 1.29 is 14.3 Å². The monoisotopic (exact) mass is 321 g/mol. The van der Waals surface area contributed by atoms with E-state index in [4.69, 9.17) is 9.47 Å². The van der Waals surface area contributed by atoms with Gasteiger partial charge in [-0.25, -0.2) is 0 Å². The van der Waals surface area contributed by atoms with Crippen molar-refractivity contribution in [2.75, 3.05) is 13.2 Å². The molecule has 0 heterocycles. The molecule has 130 valence electrons. The van der Waals surface area contributed by atoms with Gasteiger partial charge < -0.3 is 14.8 Å². The molecule has 0 aliphatic heterocycles. The summed E-state index contributed by atoms with van der Waals surface area (Å²) in [6.07, 6.45) is 0.516. The van der Waals surface area contributed by atoms with E-state index in [1.165, 1.54) is 5.56 Å². The molecule has 1 rings (SSSR count). The van der Waals surface area contributed by atoms with Crippen molar-refractivity contribution in [1.82, 2.24) is 5.32 Å². The summed E-state index contributed by atoms with van der Waals surface area (Å²) >= 11 is 0. The van der Waals surface area contributed by atoms with Crippen molar-refractivity contribution in [2.24, 2.45) is 0 Å². The molecule has 1 N–H and O–H groups in total. The number of carbonyl (C=O) groups is 1. The normalized spacial score (nSPS) is 13.0. The second kappa shape index (κ2) is 8.92. The summed E-state index contributed by atoms with van der Waals surface area (Å²) in [4.78, 5) is 12.0. The predicted octanol–water partition coefficient (Wildman–Crippen LogP) is 3.68. The second-order valence-electron chi connectivity index (χ2n) is 7.10. The Morgan fingerprint density at radius 1 is 1.13 bits per heavy atom. The summed E-state index contributed by atoms with van der Waals surface area (Å²) in [5, 5.41) is 2.87. The van der Waals surface area contributed by atoms with Crippen molar-refractivity contribution in [2.45, 2.75) is 65.6 Å². The molecule has 0 aromatic heterocycles. The van der Waals surface area contributed by atoms with Gasteiger partial charge in [-0.2, -0.15) is 0 Å². The predicted molar refractivity (Wildman–Crippen MR) is 93.9 cm³/mol. The molecule has 0 radical (unpaired) electrons. The number of nitrogens with one attached hydrogen (secondary N) is 1. The minimum absolute atomic E-state index is 0.102. The Balaban J connectivity index is 2.37. The van der Waals surface area contributed by atoms with Crippen LogP contribution in [0.4, 0.5) is 0 Å². The van der Waals surface area contributed by atoms with E-state index in [-0.39, 0.29) is 17.4 Å². The molecule has 1 aromatic rings. The van der Waals surface area contributed by atoms with Gasteiger partial charge in [0.1, 0.15) is 5.75 Å². The van der Waals surface area contributed by atoms with Crippen LogP contribution in [0, 0.1) is 0 Å². The van der Waals surface area contributed by atoms with Crippen LogP contribution in [0.15, 0.2) is 24.3 Å². The SMILES string of the molecule is CC(C)OCCCNC(=O)[C@H](C)Oc1ccc(C(C)(C)C)cc1. The molecular weight excluding hydrogens is 290 g/mol. The Morgan fingerprint density at radius 3 is 2.26 bits per heavy atom. The number of amides is 1. The molecule has 0 fully saturated rings. The maximum absolute atomic E-state index is 12.0. The van der Waals surface area contributed by atoms with Crippen LogP contribution >= 0.6 is 0 Å². The minimum Gasteiger partial charge on any atom is -0.481 e. The van der Waals surface area contributed by atoms with Crippen molar-refractivity contribution in [3.63, 3.8) is 0 Å². The zero-order valence-electron chi connectivity index (χ0n) is 15.3. The largest absolute Gasteiger partial charge is 0.481 e. The summed E-state index contributed by atoms with van der Waals surface area (Å²) in [6.45, 7) is 13.5. The van der Waals surface area contributed by atoms with Gasteiger partial charge in [0.25, 0.3) is 5.91 Å². The Morgan fingerprint density at radius 2 is 1.74 bits per heavy atom. The van der Waals surface area contributed by atoms with E-state index in [1.807, 2.05) is 38.1 Å². The number of benzene rings is 1. The van der Waals surface area contributed by atoms with E-state index < -0.39 is 6.10 Å². The Hall–Kier alpha value is -1.55. The molecule has 1 amide bonds. The van der Waals surface area contributed by atoms with E-state index in [0.717, 1.165) is 6.42 Å². The van der Waals surface area contributed by atoms with Crippen molar-refractivity contribution in [3.05, 3.63) is 29.8 Å². The molecule has 4 nitrogen and oxygen atoms in total. The minimum atomic E-state index is -0.512. The van der Waals surface area contributed by atoms with Crippen molar-refractivity contribution in [1.29, 1.82) is 0 Å². The number of ether oxygens (including phenoxy) is 2. The van der Waals surface area contributed by atoms with Gasteiger partial charge in [0.15, 0.2) is 6.10 Å². The van der Waals surface area contributed by atoms with E-state index >= 15 is 0 Å². The van der Waals surface area contributed by atoms with Crippen molar-refractivity contribution >= 4 is 5.91 Å². The van der Waals surface area contributed by atoms with Crippen LogP contribution < -0.4 is 10.1 Å². The summed E-state index contributed by atoms with van der Waals surface area (Å²) in [5.74, 6) is 0.609. The summed E-state index contributed by atoms with van der Waals surface area (Å²) in [5.41, 5.74) is 1.35. The first-order chi connectivity index (χ1) is 10.7. The molecule has 4 heteroatoms. The van der Waals surface area contributed by atoms with E-state index in [1.54, 1.807) is 6.92 Å². The van der Waals surface area contributed by atoms with Crippen LogP contribution in [0.2, 0.25) is 0 Å². The van der Waals surface area contributed by atoms with Crippen LogP contribution in [0.1, 0.15) is 53.5 Å². The first-order valence-electron chi connectivity index (χ1n) is 8.36. The maximum atomic E-state index is 12.0. The van der Waals surface area contributed by atoms with Gasteiger partial charge in [-0.1, -0.05) is 32.9 Å². The lowest BCUT2D eigenvalue weighted by molar-refractivity contribution is -0.127. The van der Waals surface area contributed by atoms with Crippen molar-refractivity contribution in [3.8, 4) is 5.75 Å². The molecule has 0 saturated heterocycles. The van der Waals surface area contributed by atoms with Gasteiger partial charge in [0.2, 0.25) is 0 Å². The molecule has 0 aliphatic carbocycles. The molecule has 0 bridgehead atoms. The molecule has 0 aliphatic rings. The van der Waals surface area contributed by atoms with E-state index in [2.05, 4.69) is 26.1 Å². The highest BCUT2D eigenvalue weighted by molar-refractivity contribution is 5.80. The van der Waals surface area contributed by atoms with Gasteiger partial charge in [-0.05, 0) is 50.3 Å². The summed E-state index contributed by atoms with van der Waals surface area (Å²) in [6, 6.07) is 7.92. The highest BCUT2D eigenvalue weighted by Crippen LogP contribution is 2.24. The number of hydrogen-bond donors (Lipinski definition) is 1. The number of rotatable bonds is 8. The highest BCUT2D eigenvalue weighted by atomic mass is 16.5. The standard InChI is InChI=1S/C19H31NO3/c1-14(2)22-13-7-12-20-18(21)15(3)23-17-10-8-16(9-11-17)19(4,5)6/h8-11,14-15H,7,12-13H2,1-6H3,(H,20,21)/t15-/m0/s1. The third kappa shape index (κ3) is 7.51. The molecule has 0 saturated carbocycles. The lowest BCUT2D eigenvalue weighted by atomic mass is 9.87. The number of hydrogen-bond acceptors (Lipinski definition) is 3. The Kier molecular flexibility index (Phi) is 7.56. The van der Waals surface area contributed by atoms with E-state index in [0.29, 0.717) is 18.9 Å². The zero-order chi connectivity index (χ0) is 17.5.